The normalized spacial score (nSPS) is 20.2. The van der Waals surface area contributed by atoms with Gasteiger partial charge < -0.3 is 10.1 Å². The van der Waals surface area contributed by atoms with E-state index in [1.807, 2.05) is 6.92 Å². The molecule has 0 saturated heterocycles. The number of nitrogens with one attached hydrogen (secondary N) is 1. The van der Waals surface area contributed by atoms with Gasteiger partial charge in [-0.1, -0.05) is 19.8 Å². The number of ether oxygens (including phenoxy) is 1. The van der Waals surface area contributed by atoms with Crippen LogP contribution < -0.4 is 5.32 Å². The predicted octanol–water partition coefficient (Wildman–Crippen LogP) is 4.44. The summed E-state index contributed by atoms with van der Waals surface area (Å²) in [6.45, 7) is 5.50. The minimum atomic E-state index is -4.05. The first-order valence-corrected chi connectivity index (χ1v) is 7.87. The summed E-state index contributed by atoms with van der Waals surface area (Å²) in [6, 6.07) is 0.0484. The fourth-order valence-electron chi connectivity index (χ4n) is 3.23. The van der Waals surface area contributed by atoms with Crippen molar-refractivity contribution in [2.75, 3.05) is 13.2 Å². The lowest BCUT2D eigenvalue weighted by Gasteiger charge is -2.38. The molecule has 0 aliphatic heterocycles. The van der Waals surface area contributed by atoms with Gasteiger partial charge in [-0.25, -0.2) is 0 Å². The van der Waals surface area contributed by atoms with Crippen LogP contribution in [0.25, 0.3) is 0 Å². The molecule has 1 atom stereocenters. The first-order valence-electron chi connectivity index (χ1n) is 7.87. The number of alkyl halides is 3. The lowest BCUT2D eigenvalue weighted by molar-refractivity contribution is -0.137. The zero-order valence-electron chi connectivity index (χ0n) is 12.7. The van der Waals surface area contributed by atoms with E-state index in [0.29, 0.717) is 13.0 Å². The summed E-state index contributed by atoms with van der Waals surface area (Å²) in [5.74, 6) is 0. The molecule has 1 aliphatic rings. The van der Waals surface area contributed by atoms with Crippen molar-refractivity contribution in [1.82, 2.24) is 5.32 Å². The quantitative estimate of drug-likeness (QED) is 0.679. The lowest BCUT2D eigenvalue weighted by atomic mass is 9.88. The molecule has 0 amide bonds. The van der Waals surface area contributed by atoms with E-state index in [0.717, 1.165) is 38.6 Å². The largest absolute Gasteiger partial charge is 0.389 e. The van der Waals surface area contributed by atoms with Gasteiger partial charge in [-0.3, -0.25) is 0 Å². The summed E-state index contributed by atoms with van der Waals surface area (Å²) in [4.78, 5) is 0. The van der Waals surface area contributed by atoms with Crippen LogP contribution in [0.2, 0.25) is 0 Å². The fraction of sp³-hybridized carbons (Fsp3) is 1.00. The zero-order chi connectivity index (χ0) is 15.1. The van der Waals surface area contributed by atoms with Crippen molar-refractivity contribution in [2.45, 2.75) is 83.0 Å². The maximum absolute atomic E-state index is 12.3. The topological polar surface area (TPSA) is 21.3 Å². The fourth-order valence-corrected chi connectivity index (χ4v) is 3.23. The van der Waals surface area contributed by atoms with E-state index in [9.17, 15) is 13.2 Å². The van der Waals surface area contributed by atoms with Crippen molar-refractivity contribution in [3.63, 3.8) is 0 Å². The van der Waals surface area contributed by atoms with Gasteiger partial charge in [0.25, 0.3) is 0 Å². The Bertz CT molecular complexity index is 262. The van der Waals surface area contributed by atoms with Crippen LogP contribution in [-0.2, 0) is 4.74 Å². The second kappa shape index (κ2) is 8.23. The van der Waals surface area contributed by atoms with E-state index >= 15 is 0 Å². The Morgan fingerprint density at radius 3 is 2.35 bits per heavy atom. The summed E-state index contributed by atoms with van der Waals surface area (Å²) in [5, 5.41) is 3.43. The highest BCUT2D eigenvalue weighted by Gasteiger charge is 2.42. The summed E-state index contributed by atoms with van der Waals surface area (Å²) in [7, 11) is 0. The highest BCUT2D eigenvalue weighted by molar-refractivity contribution is 4.97. The van der Waals surface area contributed by atoms with Crippen molar-refractivity contribution >= 4 is 0 Å². The average Bonchev–Trinajstić information content (AvgIpc) is 2.82. The van der Waals surface area contributed by atoms with Crippen molar-refractivity contribution in [1.29, 1.82) is 0 Å². The van der Waals surface area contributed by atoms with Crippen molar-refractivity contribution < 1.29 is 17.9 Å². The van der Waals surface area contributed by atoms with Crippen molar-refractivity contribution in [3.8, 4) is 0 Å². The molecule has 0 aromatic carbocycles. The Morgan fingerprint density at radius 1 is 1.20 bits per heavy atom. The highest BCUT2D eigenvalue weighted by Crippen LogP contribution is 2.38. The molecule has 0 bridgehead atoms. The number of hydrogen-bond donors (Lipinski definition) is 1. The molecule has 0 spiro atoms. The maximum Gasteiger partial charge on any atom is 0.389 e. The van der Waals surface area contributed by atoms with Gasteiger partial charge in [0.2, 0.25) is 0 Å². The molecule has 20 heavy (non-hydrogen) atoms. The smallest absolute Gasteiger partial charge is 0.374 e. The third-order valence-corrected chi connectivity index (χ3v) is 4.11. The van der Waals surface area contributed by atoms with Gasteiger partial charge in [0.15, 0.2) is 0 Å². The summed E-state index contributed by atoms with van der Waals surface area (Å²) in [5.41, 5.74) is -0.241. The molecule has 0 radical (unpaired) electrons. The molecule has 1 aliphatic carbocycles. The van der Waals surface area contributed by atoms with Crippen molar-refractivity contribution in [3.05, 3.63) is 0 Å². The van der Waals surface area contributed by atoms with Crippen LogP contribution in [-0.4, -0.2) is 31.0 Å². The summed E-state index contributed by atoms with van der Waals surface area (Å²) < 4.78 is 43.0. The number of rotatable bonds is 9. The third-order valence-electron chi connectivity index (χ3n) is 4.11. The molecular weight excluding hydrogens is 267 g/mol. The van der Waals surface area contributed by atoms with Crippen LogP contribution in [0.5, 0.6) is 0 Å². The Morgan fingerprint density at radius 2 is 1.85 bits per heavy atom. The molecule has 0 heterocycles. The van der Waals surface area contributed by atoms with Gasteiger partial charge in [0.05, 0.1) is 5.60 Å². The standard InChI is InChI=1S/C15H28F3NO/c1-3-12-19-13(8-7-11-15(16,17)18)14(20-4-2)9-5-6-10-14/h13,19H,3-12H2,1-2H3. The second-order valence-electron chi connectivity index (χ2n) is 5.72. The predicted molar refractivity (Wildman–Crippen MR) is 74.8 cm³/mol. The molecule has 0 aromatic rings. The Kier molecular flexibility index (Phi) is 7.30. The first-order chi connectivity index (χ1) is 9.43. The van der Waals surface area contributed by atoms with Crippen LogP contribution in [0.4, 0.5) is 13.2 Å². The van der Waals surface area contributed by atoms with E-state index in [4.69, 9.17) is 4.74 Å². The molecule has 2 nitrogen and oxygen atoms in total. The van der Waals surface area contributed by atoms with Crippen molar-refractivity contribution in [2.24, 2.45) is 0 Å². The molecule has 1 N–H and O–H groups in total. The van der Waals surface area contributed by atoms with Crippen LogP contribution in [0.15, 0.2) is 0 Å². The maximum atomic E-state index is 12.3. The molecular formula is C15H28F3NO. The summed E-state index contributed by atoms with van der Waals surface area (Å²) >= 11 is 0. The first kappa shape index (κ1) is 17.8. The summed E-state index contributed by atoms with van der Waals surface area (Å²) in [6.07, 6.45) is 1.12. The van der Waals surface area contributed by atoms with Crippen LogP contribution in [0.3, 0.4) is 0 Å². The van der Waals surface area contributed by atoms with Gasteiger partial charge in [-0.05, 0) is 45.6 Å². The molecule has 1 rings (SSSR count). The Balaban J connectivity index is 2.61. The van der Waals surface area contributed by atoms with Crippen LogP contribution in [0.1, 0.15) is 65.2 Å². The highest BCUT2D eigenvalue weighted by atomic mass is 19.4. The number of halogens is 3. The third kappa shape index (κ3) is 5.60. The molecule has 1 unspecified atom stereocenters. The number of hydrogen-bond acceptors (Lipinski definition) is 2. The SMILES string of the molecule is CCCNC(CCCC(F)(F)F)C1(OCC)CCCC1. The van der Waals surface area contributed by atoms with Gasteiger partial charge in [0, 0.05) is 19.1 Å². The second-order valence-corrected chi connectivity index (χ2v) is 5.72. The van der Waals surface area contributed by atoms with Crippen LogP contribution >= 0.6 is 0 Å². The minimum Gasteiger partial charge on any atom is -0.374 e. The van der Waals surface area contributed by atoms with E-state index in [-0.39, 0.29) is 18.1 Å². The van der Waals surface area contributed by atoms with E-state index in [1.54, 1.807) is 0 Å². The Hall–Kier alpha value is -0.290. The molecule has 0 aromatic heterocycles. The van der Waals surface area contributed by atoms with Gasteiger partial charge >= 0.3 is 6.18 Å². The molecule has 120 valence electrons. The minimum absolute atomic E-state index is 0.0484. The van der Waals surface area contributed by atoms with Gasteiger partial charge in [-0.2, -0.15) is 13.2 Å². The van der Waals surface area contributed by atoms with Gasteiger partial charge in [-0.15, -0.1) is 0 Å². The molecule has 1 saturated carbocycles. The van der Waals surface area contributed by atoms with Crippen LogP contribution in [0, 0.1) is 0 Å². The molecule has 1 fully saturated rings. The van der Waals surface area contributed by atoms with Gasteiger partial charge in [0.1, 0.15) is 0 Å². The van der Waals surface area contributed by atoms with E-state index < -0.39 is 12.6 Å². The zero-order valence-corrected chi connectivity index (χ0v) is 12.7. The lowest BCUT2D eigenvalue weighted by Crippen LogP contribution is -2.51. The van der Waals surface area contributed by atoms with E-state index in [1.165, 1.54) is 0 Å². The van der Waals surface area contributed by atoms with E-state index in [2.05, 4.69) is 12.2 Å². The molecule has 5 heteroatoms. The monoisotopic (exact) mass is 295 g/mol. The average molecular weight is 295 g/mol. The Labute approximate surface area is 120 Å².